The van der Waals surface area contributed by atoms with Crippen molar-refractivity contribution in [3.8, 4) is 5.75 Å². The second-order valence-electron chi connectivity index (χ2n) is 5.66. The average Bonchev–Trinajstić information content (AvgIpc) is 2.37. The van der Waals surface area contributed by atoms with Crippen molar-refractivity contribution in [3.63, 3.8) is 0 Å². The number of carboxylic acid groups (broad SMARTS) is 1. The van der Waals surface area contributed by atoms with Gasteiger partial charge >= 0.3 is 5.97 Å². The summed E-state index contributed by atoms with van der Waals surface area (Å²) in [5.74, 6) is -0.734. The van der Waals surface area contributed by atoms with Crippen LogP contribution in [0.25, 0.3) is 0 Å². The van der Waals surface area contributed by atoms with Crippen LogP contribution in [-0.4, -0.2) is 20.7 Å². The molecule has 0 aliphatic heterocycles. The van der Waals surface area contributed by atoms with Crippen LogP contribution in [0, 0.1) is 12.8 Å². The molecule has 1 heterocycles. The number of pyridine rings is 1. The third kappa shape index (κ3) is 3.21. The third-order valence-corrected chi connectivity index (χ3v) is 4.12. The number of aryl methyl sites for hydroxylation is 1. The molecule has 1 aliphatic carbocycles. The monoisotopic (exact) mass is 279 g/mol. The molecule has 1 aliphatic rings. The van der Waals surface area contributed by atoms with Gasteiger partial charge in [-0.05, 0) is 25.3 Å². The molecule has 5 heteroatoms. The molecule has 0 spiro atoms. The summed E-state index contributed by atoms with van der Waals surface area (Å²) >= 11 is 0. The molecule has 1 aromatic rings. The fourth-order valence-electron chi connectivity index (χ4n) is 3.15. The predicted molar refractivity (Wildman–Crippen MR) is 75.0 cm³/mol. The van der Waals surface area contributed by atoms with Gasteiger partial charge in [-0.3, -0.25) is 9.36 Å². The largest absolute Gasteiger partial charge is 0.508 e. The molecule has 0 saturated heterocycles. The van der Waals surface area contributed by atoms with Crippen molar-refractivity contribution in [3.05, 3.63) is 28.2 Å². The Morgan fingerprint density at radius 2 is 2.00 bits per heavy atom. The second-order valence-corrected chi connectivity index (χ2v) is 5.66. The number of rotatable bonds is 4. The highest BCUT2D eigenvalue weighted by molar-refractivity contribution is 5.72. The zero-order valence-corrected chi connectivity index (χ0v) is 11.7. The maximum Gasteiger partial charge on any atom is 0.326 e. The maximum atomic E-state index is 12.0. The second kappa shape index (κ2) is 6.11. The fraction of sp³-hybridized carbons (Fsp3) is 0.600. The van der Waals surface area contributed by atoms with Gasteiger partial charge in [0.25, 0.3) is 5.56 Å². The standard InChI is InChI=1S/C15H21NO4/c1-10-7-12(17)9-14(18)16(10)13(15(19)20)8-11-5-3-2-4-6-11/h7,9,11,13,17H,2-6,8H2,1H3,(H,19,20). The van der Waals surface area contributed by atoms with Gasteiger partial charge in [-0.1, -0.05) is 32.1 Å². The molecule has 1 saturated carbocycles. The van der Waals surface area contributed by atoms with Crippen LogP contribution in [0.2, 0.25) is 0 Å². The lowest BCUT2D eigenvalue weighted by atomic mass is 9.84. The molecular formula is C15H21NO4. The molecule has 5 nitrogen and oxygen atoms in total. The van der Waals surface area contributed by atoms with E-state index >= 15 is 0 Å². The Balaban J connectivity index is 2.29. The van der Waals surface area contributed by atoms with E-state index < -0.39 is 17.6 Å². The number of aromatic nitrogens is 1. The van der Waals surface area contributed by atoms with Gasteiger partial charge in [0.15, 0.2) is 0 Å². The summed E-state index contributed by atoms with van der Waals surface area (Å²) in [7, 11) is 0. The normalized spacial score (nSPS) is 17.9. The van der Waals surface area contributed by atoms with Gasteiger partial charge in [-0.25, -0.2) is 4.79 Å². The molecule has 2 rings (SSSR count). The Hall–Kier alpha value is -1.78. The molecule has 1 aromatic heterocycles. The zero-order chi connectivity index (χ0) is 14.7. The van der Waals surface area contributed by atoms with E-state index in [0.29, 0.717) is 18.0 Å². The summed E-state index contributed by atoms with van der Waals surface area (Å²) < 4.78 is 1.29. The zero-order valence-electron chi connectivity index (χ0n) is 11.7. The van der Waals surface area contributed by atoms with Crippen molar-refractivity contribution >= 4 is 5.97 Å². The molecule has 1 atom stereocenters. The van der Waals surface area contributed by atoms with Gasteiger partial charge in [0.05, 0.1) is 0 Å². The molecule has 0 aromatic carbocycles. The number of aromatic hydroxyl groups is 1. The number of hydrogen-bond donors (Lipinski definition) is 2. The minimum Gasteiger partial charge on any atom is -0.508 e. The minimum absolute atomic E-state index is 0.120. The average molecular weight is 279 g/mol. The number of aliphatic carboxylic acids is 1. The first-order valence-corrected chi connectivity index (χ1v) is 7.14. The summed E-state index contributed by atoms with van der Waals surface area (Å²) in [5, 5.41) is 18.9. The van der Waals surface area contributed by atoms with Gasteiger partial charge in [-0.15, -0.1) is 0 Å². The Morgan fingerprint density at radius 3 is 2.55 bits per heavy atom. The van der Waals surface area contributed by atoms with Crippen LogP contribution >= 0.6 is 0 Å². The number of hydrogen-bond acceptors (Lipinski definition) is 3. The topological polar surface area (TPSA) is 79.5 Å². The highest BCUT2D eigenvalue weighted by Crippen LogP contribution is 2.31. The quantitative estimate of drug-likeness (QED) is 0.887. The molecule has 1 unspecified atom stereocenters. The Bertz CT molecular complexity index is 543. The lowest BCUT2D eigenvalue weighted by molar-refractivity contribution is -0.141. The van der Waals surface area contributed by atoms with E-state index in [1.807, 2.05) is 0 Å². The van der Waals surface area contributed by atoms with Crippen LogP contribution in [0.5, 0.6) is 5.75 Å². The first-order chi connectivity index (χ1) is 9.49. The van der Waals surface area contributed by atoms with Gasteiger partial charge in [0, 0.05) is 11.8 Å². The molecule has 110 valence electrons. The smallest absolute Gasteiger partial charge is 0.326 e. The van der Waals surface area contributed by atoms with Crippen molar-refractivity contribution in [2.45, 2.75) is 51.5 Å². The van der Waals surface area contributed by atoms with Gasteiger partial charge in [0.2, 0.25) is 0 Å². The summed E-state index contributed by atoms with van der Waals surface area (Å²) in [6.07, 6.45) is 6.06. The van der Waals surface area contributed by atoms with Crippen molar-refractivity contribution in [1.82, 2.24) is 4.57 Å². The third-order valence-electron chi connectivity index (χ3n) is 4.12. The molecule has 20 heavy (non-hydrogen) atoms. The first kappa shape index (κ1) is 14.6. The predicted octanol–water partition coefficient (Wildman–Crippen LogP) is 2.46. The van der Waals surface area contributed by atoms with Crippen LogP contribution in [0.1, 0.15) is 50.3 Å². The van der Waals surface area contributed by atoms with E-state index in [2.05, 4.69) is 0 Å². The van der Waals surface area contributed by atoms with E-state index in [0.717, 1.165) is 31.7 Å². The van der Waals surface area contributed by atoms with Crippen molar-refractivity contribution in [2.24, 2.45) is 5.92 Å². The SMILES string of the molecule is Cc1cc(O)cc(=O)n1C(CC1CCCCC1)C(=O)O. The molecule has 1 fully saturated rings. The van der Waals surface area contributed by atoms with E-state index in [1.165, 1.54) is 17.1 Å². The molecule has 0 radical (unpaired) electrons. The number of carboxylic acids is 1. The number of carbonyl (C=O) groups is 1. The Kier molecular flexibility index (Phi) is 4.47. The van der Waals surface area contributed by atoms with E-state index in [-0.39, 0.29) is 5.75 Å². The highest BCUT2D eigenvalue weighted by Gasteiger charge is 2.27. The van der Waals surface area contributed by atoms with Crippen LogP contribution < -0.4 is 5.56 Å². The van der Waals surface area contributed by atoms with Crippen LogP contribution in [0.3, 0.4) is 0 Å². The lowest BCUT2D eigenvalue weighted by Gasteiger charge is -2.26. The molecule has 2 N–H and O–H groups in total. The van der Waals surface area contributed by atoms with Crippen molar-refractivity contribution in [2.75, 3.05) is 0 Å². The van der Waals surface area contributed by atoms with Gasteiger partial charge in [0.1, 0.15) is 11.8 Å². The van der Waals surface area contributed by atoms with Crippen LogP contribution in [-0.2, 0) is 4.79 Å². The van der Waals surface area contributed by atoms with Crippen molar-refractivity contribution in [1.29, 1.82) is 0 Å². The molecular weight excluding hydrogens is 258 g/mol. The van der Waals surface area contributed by atoms with Crippen LogP contribution in [0.4, 0.5) is 0 Å². The van der Waals surface area contributed by atoms with E-state index in [1.54, 1.807) is 6.92 Å². The van der Waals surface area contributed by atoms with Crippen molar-refractivity contribution < 1.29 is 15.0 Å². The lowest BCUT2D eigenvalue weighted by Crippen LogP contribution is -2.32. The van der Waals surface area contributed by atoms with Gasteiger partial charge in [-0.2, -0.15) is 0 Å². The van der Waals surface area contributed by atoms with Gasteiger partial charge < -0.3 is 10.2 Å². The fourth-order valence-corrected chi connectivity index (χ4v) is 3.15. The molecule has 0 bridgehead atoms. The summed E-state index contributed by atoms with van der Waals surface area (Å²) in [6.45, 7) is 1.65. The Morgan fingerprint density at radius 1 is 1.35 bits per heavy atom. The maximum absolute atomic E-state index is 12.0. The first-order valence-electron chi connectivity index (χ1n) is 7.14. The van der Waals surface area contributed by atoms with E-state index in [4.69, 9.17) is 0 Å². The molecule has 0 amide bonds. The summed E-state index contributed by atoms with van der Waals surface area (Å²) in [4.78, 5) is 23.5. The van der Waals surface area contributed by atoms with Crippen LogP contribution in [0.15, 0.2) is 16.9 Å². The number of nitrogens with zero attached hydrogens (tertiary/aromatic N) is 1. The minimum atomic E-state index is -0.980. The van der Waals surface area contributed by atoms with E-state index in [9.17, 15) is 19.8 Å². The highest BCUT2D eigenvalue weighted by atomic mass is 16.4. The summed E-state index contributed by atoms with van der Waals surface area (Å²) in [5.41, 5.74) is 0.0314. The Labute approximate surface area is 117 Å². The summed E-state index contributed by atoms with van der Waals surface area (Å²) in [6, 6.07) is 1.66.